The van der Waals surface area contributed by atoms with Crippen LogP contribution in [0.4, 0.5) is 11.4 Å². The van der Waals surface area contributed by atoms with E-state index >= 15 is 0 Å². The standard InChI is InChI=1S/C25H19ClN2O4/c1-16-4-9-19(27-25(30)23-3-2-14-31-23)15-21(16)28-24(29)13-11-20-10-12-22(32-20)17-5-7-18(26)8-6-17/h2-15H,1H3,(H,27,30)(H,28,29)/b13-11+. The van der Waals surface area contributed by atoms with E-state index in [1.807, 2.05) is 31.2 Å². The summed E-state index contributed by atoms with van der Waals surface area (Å²) in [5.74, 6) is 0.728. The van der Waals surface area contributed by atoms with Crippen molar-refractivity contribution in [3.63, 3.8) is 0 Å². The summed E-state index contributed by atoms with van der Waals surface area (Å²) in [4.78, 5) is 24.6. The third-order valence-corrected chi connectivity index (χ3v) is 4.90. The molecule has 0 atom stereocenters. The van der Waals surface area contributed by atoms with Gasteiger partial charge in [-0.1, -0.05) is 17.7 Å². The van der Waals surface area contributed by atoms with Crippen molar-refractivity contribution < 1.29 is 18.4 Å². The molecule has 0 radical (unpaired) electrons. The molecule has 0 saturated heterocycles. The third kappa shape index (κ3) is 5.17. The Morgan fingerprint density at radius 1 is 0.969 bits per heavy atom. The fourth-order valence-electron chi connectivity index (χ4n) is 2.98. The number of rotatable bonds is 6. The fourth-order valence-corrected chi connectivity index (χ4v) is 3.10. The van der Waals surface area contributed by atoms with Crippen LogP contribution < -0.4 is 10.6 Å². The minimum absolute atomic E-state index is 0.204. The van der Waals surface area contributed by atoms with Gasteiger partial charge in [0.15, 0.2) is 5.76 Å². The van der Waals surface area contributed by atoms with Crippen LogP contribution in [0, 0.1) is 6.92 Å². The molecule has 4 aromatic rings. The van der Waals surface area contributed by atoms with Crippen LogP contribution in [0.3, 0.4) is 0 Å². The van der Waals surface area contributed by atoms with Crippen molar-refractivity contribution in [1.82, 2.24) is 0 Å². The fraction of sp³-hybridized carbons (Fsp3) is 0.0400. The van der Waals surface area contributed by atoms with Crippen LogP contribution in [0.25, 0.3) is 17.4 Å². The first-order valence-electron chi connectivity index (χ1n) is 9.78. The number of hydrogen-bond acceptors (Lipinski definition) is 4. The van der Waals surface area contributed by atoms with Crippen LogP contribution in [0.15, 0.2) is 87.9 Å². The van der Waals surface area contributed by atoms with Gasteiger partial charge in [-0.2, -0.15) is 0 Å². The molecule has 0 fully saturated rings. The number of amides is 2. The number of aryl methyl sites for hydroxylation is 1. The van der Waals surface area contributed by atoms with Gasteiger partial charge in [-0.25, -0.2) is 0 Å². The average molecular weight is 447 g/mol. The van der Waals surface area contributed by atoms with Gasteiger partial charge in [0.1, 0.15) is 11.5 Å². The van der Waals surface area contributed by atoms with E-state index in [1.165, 1.54) is 12.3 Å². The zero-order chi connectivity index (χ0) is 22.5. The lowest BCUT2D eigenvalue weighted by molar-refractivity contribution is -0.111. The zero-order valence-electron chi connectivity index (χ0n) is 17.1. The Labute approximate surface area is 189 Å². The predicted molar refractivity (Wildman–Crippen MR) is 125 cm³/mol. The Bertz CT molecular complexity index is 1270. The number of halogens is 1. The second-order valence-electron chi connectivity index (χ2n) is 6.99. The number of anilines is 2. The van der Waals surface area contributed by atoms with E-state index < -0.39 is 0 Å². The van der Waals surface area contributed by atoms with E-state index in [1.54, 1.807) is 48.5 Å². The molecule has 0 aliphatic carbocycles. The molecule has 0 aliphatic heterocycles. The molecule has 32 heavy (non-hydrogen) atoms. The van der Waals surface area contributed by atoms with E-state index in [4.69, 9.17) is 20.4 Å². The van der Waals surface area contributed by atoms with Gasteiger partial charge in [-0.05, 0) is 79.2 Å². The molecule has 0 spiro atoms. The highest BCUT2D eigenvalue weighted by atomic mass is 35.5. The molecule has 2 aromatic heterocycles. The van der Waals surface area contributed by atoms with E-state index in [0.717, 1.165) is 11.1 Å². The number of benzene rings is 2. The van der Waals surface area contributed by atoms with Crippen molar-refractivity contribution in [1.29, 1.82) is 0 Å². The largest absolute Gasteiger partial charge is 0.459 e. The van der Waals surface area contributed by atoms with Gasteiger partial charge >= 0.3 is 0 Å². The van der Waals surface area contributed by atoms with Crippen molar-refractivity contribution in [3.05, 3.63) is 101 Å². The minimum Gasteiger partial charge on any atom is -0.459 e. The smallest absolute Gasteiger partial charge is 0.291 e. The van der Waals surface area contributed by atoms with Gasteiger partial charge in [0.25, 0.3) is 5.91 Å². The first-order chi connectivity index (χ1) is 15.5. The molecule has 2 amide bonds. The highest BCUT2D eigenvalue weighted by Gasteiger charge is 2.10. The number of carbonyl (C=O) groups is 2. The quantitative estimate of drug-likeness (QED) is 0.335. The Balaban J connectivity index is 1.41. The summed E-state index contributed by atoms with van der Waals surface area (Å²) in [7, 11) is 0. The van der Waals surface area contributed by atoms with Gasteiger partial charge in [0, 0.05) is 28.0 Å². The summed E-state index contributed by atoms with van der Waals surface area (Å²) in [6.07, 6.45) is 4.41. The van der Waals surface area contributed by atoms with Gasteiger partial charge in [-0.3, -0.25) is 9.59 Å². The maximum Gasteiger partial charge on any atom is 0.291 e. The minimum atomic E-state index is -0.370. The molecule has 2 aromatic carbocycles. The molecular formula is C25H19ClN2O4. The number of carbonyl (C=O) groups excluding carboxylic acids is 2. The normalized spacial score (nSPS) is 10.9. The SMILES string of the molecule is Cc1ccc(NC(=O)c2ccco2)cc1NC(=O)/C=C/c1ccc(-c2ccc(Cl)cc2)o1. The van der Waals surface area contributed by atoms with E-state index in [-0.39, 0.29) is 17.6 Å². The maximum absolute atomic E-state index is 12.4. The Morgan fingerprint density at radius 2 is 1.78 bits per heavy atom. The Morgan fingerprint density at radius 3 is 2.53 bits per heavy atom. The summed E-state index contributed by atoms with van der Waals surface area (Å²) in [6, 6.07) is 19.4. The number of hydrogen-bond donors (Lipinski definition) is 2. The number of nitrogens with one attached hydrogen (secondary N) is 2. The Kier molecular flexibility index (Phi) is 6.24. The second kappa shape index (κ2) is 9.41. The first kappa shape index (κ1) is 21.2. The molecule has 0 unspecified atom stereocenters. The topological polar surface area (TPSA) is 84.5 Å². The van der Waals surface area contributed by atoms with Crippen molar-refractivity contribution in [3.8, 4) is 11.3 Å². The van der Waals surface area contributed by atoms with Crippen LogP contribution >= 0.6 is 11.6 Å². The van der Waals surface area contributed by atoms with Crippen LogP contribution in [0.1, 0.15) is 21.9 Å². The molecule has 4 rings (SSSR count). The Hall–Kier alpha value is -4.03. The van der Waals surface area contributed by atoms with Gasteiger partial charge in [0.2, 0.25) is 5.91 Å². The van der Waals surface area contributed by atoms with E-state index in [0.29, 0.717) is 27.9 Å². The summed E-state index contributed by atoms with van der Waals surface area (Å²) >= 11 is 5.91. The van der Waals surface area contributed by atoms with Gasteiger partial charge < -0.3 is 19.5 Å². The highest BCUT2D eigenvalue weighted by Crippen LogP contribution is 2.25. The first-order valence-corrected chi connectivity index (χ1v) is 10.2. The molecule has 2 heterocycles. The molecular weight excluding hydrogens is 428 g/mol. The van der Waals surface area contributed by atoms with Crippen LogP contribution in [0.5, 0.6) is 0 Å². The molecule has 160 valence electrons. The molecule has 7 heteroatoms. The second-order valence-corrected chi connectivity index (χ2v) is 7.43. The van der Waals surface area contributed by atoms with Crippen LogP contribution in [-0.2, 0) is 4.79 Å². The van der Waals surface area contributed by atoms with Crippen LogP contribution in [0.2, 0.25) is 5.02 Å². The van der Waals surface area contributed by atoms with Crippen molar-refractivity contribution in [2.24, 2.45) is 0 Å². The summed E-state index contributed by atoms with van der Waals surface area (Å²) in [6.45, 7) is 1.86. The van der Waals surface area contributed by atoms with Crippen LogP contribution in [-0.4, -0.2) is 11.8 Å². The van der Waals surface area contributed by atoms with E-state index in [2.05, 4.69) is 10.6 Å². The monoisotopic (exact) mass is 446 g/mol. The molecule has 0 saturated carbocycles. The lowest BCUT2D eigenvalue weighted by Crippen LogP contribution is -2.12. The lowest BCUT2D eigenvalue weighted by atomic mass is 10.1. The van der Waals surface area contributed by atoms with Gasteiger partial charge in [-0.15, -0.1) is 0 Å². The third-order valence-electron chi connectivity index (χ3n) is 4.65. The zero-order valence-corrected chi connectivity index (χ0v) is 17.8. The highest BCUT2D eigenvalue weighted by molar-refractivity contribution is 6.30. The van der Waals surface area contributed by atoms with Crippen molar-refractivity contribution in [2.75, 3.05) is 10.6 Å². The van der Waals surface area contributed by atoms with E-state index in [9.17, 15) is 9.59 Å². The van der Waals surface area contributed by atoms with Crippen molar-refractivity contribution in [2.45, 2.75) is 6.92 Å². The summed E-state index contributed by atoms with van der Waals surface area (Å²) in [5.41, 5.74) is 2.86. The lowest BCUT2D eigenvalue weighted by Gasteiger charge is -2.10. The van der Waals surface area contributed by atoms with Gasteiger partial charge in [0.05, 0.1) is 6.26 Å². The van der Waals surface area contributed by atoms with Crippen molar-refractivity contribution >= 4 is 40.9 Å². The molecule has 6 nitrogen and oxygen atoms in total. The summed E-state index contributed by atoms with van der Waals surface area (Å²) < 4.78 is 10.9. The molecule has 2 N–H and O–H groups in total. The number of furan rings is 2. The summed E-state index contributed by atoms with van der Waals surface area (Å²) in [5, 5.41) is 6.21. The predicted octanol–water partition coefficient (Wildman–Crippen LogP) is 6.41. The average Bonchev–Trinajstić information content (AvgIpc) is 3.48. The molecule has 0 bridgehead atoms. The maximum atomic E-state index is 12.4. The molecule has 0 aliphatic rings.